The highest BCUT2D eigenvalue weighted by Gasteiger charge is 2.09. The summed E-state index contributed by atoms with van der Waals surface area (Å²) in [5.74, 6) is 0. The zero-order chi connectivity index (χ0) is 18.0. The van der Waals surface area contributed by atoms with Crippen molar-refractivity contribution in [3.05, 3.63) is 56.6 Å². The molecule has 4 heteroatoms. The molecule has 0 aliphatic carbocycles. The minimum Gasteiger partial charge on any atom is -0.250 e. The molecule has 0 fully saturated rings. The van der Waals surface area contributed by atoms with Gasteiger partial charge in [0.05, 0.1) is 32.8 Å². The first-order valence-corrected chi connectivity index (χ1v) is 8.59. The molecule has 0 saturated carbocycles. The van der Waals surface area contributed by atoms with E-state index in [2.05, 4.69) is 22.1 Å². The number of benzene rings is 2. The van der Waals surface area contributed by atoms with E-state index >= 15 is 0 Å². The number of hydrogen-bond donors (Lipinski definition) is 0. The average molecular weight is 361 g/mol. The molecule has 0 aliphatic rings. The van der Waals surface area contributed by atoms with Crippen molar-refractivity contribution in [2.24, 2.45) is 9.98 Å². The lowest BCUT2D eigenvalue weighted by atomic mass is 10.1. The third-order valence-electron chi connectivity index (χ3n) is 3.88. The van der Waals surface area contributed by atoms with Crippen LogP contribution in [0.25, 0.3) is 0 Å². The van der Waals surface area contributed by atoms with Crippen LogP contribution < -0.4 is 0 Å². The van der Waals surface area contributed by atoms with Crippen molar-refractivity contribution in [1.82, 2.24) is 0 Å². The first-order valence-electron chi connectivity index (χ1n) is 7.83. The molecule has 0 atom stereocenters. The van der Waals surface area contributed by atoms with Gasteiger partial charge < -0.3 is 0 Å². The van der Waals surface area contributed by atoms with Gasteiger partial charge in [0.2, 0.25) is 0 Å². The largest absolute Gasteiger partial charge is 0.250 e. The van der Waals surface area contributed by atoms with Crippen LogP contribution in [0.2, 0.25) is 10.0 Å². The molecule has 0 bridgehead atoms. The highest BCUT2D eigenvalue weighted by atomic mass is 35.5. The maximum absolute atomic E-state index is 6.34. The first kappa shape index (κ1) is 18.7. The van der Waals surface area contributed by atoms with Crippen molar-refractivity contribution in [1.29, 1.82) is 0 Å². The molecule has 2 aromatic rings. The van der Waals surface area contributed by atoms with Crippen molar-refractivity contribution in [3.8, 4) is 0 Å². The first-order chi connectivity index (χ1) is 11.2. The van der Waals surface area contributed by atoms with Crippen molar-refractivity contribution in [3.63, 3.8) is 0 Å². The molecule has 0 aliphatic heterocycles. The summed E-state index contributed by atoms with van der Waals surface area (Å²) in [6.07, 6.45) is 0. The molecule has 0 amide bonds. The van der Waals surface area contributed by atoms with Crippen LogP contribution in [0.1, 0.15) is 36.1 Å². The monoisotopic (exact) mass is 360 g/mol. The second-order valence-electron chi connectivity index (χ2n) is 6.22. The molecule has 0 radical (unpaired) electrons. The van der Waals surface area contributed by atoms with Crippen molar-refractivity contribution < 1.29 is 0 Å². The minimum atomic E-state index is 0.657. The third kappa shape index (κ3) is 4.25. The van der Waals surface area contributed by atoms with Crippen LogP contribution >= 0.6 is 23.2 Å². The summed E-state index contributed by atoms with van der Waals surface area (Å²) in [6, 6.07) is 8.00. The van der Waals surface area contributed by atoms with Gasteiger partial charge in [-0.25, -0.2) is 0 Å². The molecule has 2 aromatic carbocycles. The summed E-state index contributed by atoms with van der Waals surface area (Å²) < 4.78 is 0. The lowest BCUT2D eigenvalue weighted by Crippen LogP contribution is -2.05. The van der Waals surface area contributed by atoms with E-state index < -0.39 is 0 Å². The zero-order valence-electron chi connectivity index (χ0n) is 15.0. The van der Waals surface area contributed by atoms with Gasteiger partial charge in [-0.3, -0.25) is 9.98 Å². The predicted octanol–water partition coefficient (Wildman–Crippen LogP) is 7.11. The van der Waals surface area contributed by atoms with Crippen LogP contribution in [0.5, 0.6) is 0 Å². The Morgan fingerprint density at radius 3 is 1.29 bits per heavy atom. The van der Waals surface area contributed by atoms with Gasteiger partial charge in [-0.1, -0.05) is 35.3 Å². The summed E-state index contributed by atoms with van der Waals surface area (Å²) in [6.45, 7) is 11.9. The van der Waals surface area contributed by atoms with Gasteiger partial charge in [-0.05, 0) is 75.9 Å². The Labute approximate surface area is 154 Å². The topological polar surface area (TPSA) is 24.7 Å². The maximum atomic E-state index is 6.34. The Hall–Kier alpha value is -1.64. The number of rotatable bonds is 3. The normalized spacial score (nSPS) is 12.7. The molecule has 0 spiro atoms. The number of nitrogens with zero attached hydrogens (tertiary/aromatic N) is 2. The fourth-order valence-electron chi connectivity index (χ4n) is 2.60. The molecule has 2 rings (SSSR count). The second-order valence-corrected chi connectivity index (χ2v) is 7.03. The van der Waals surface area contributed by atoms with E-state index in [-0.39, 0.29) is 0 Å². The lowest BCUT2D eigenvalue weighted by molar-refractivity contribution is 1.33. The molecule has 0 heterocycles. The van der Waals surface area contributed by atoms with E-state index in [0.29, 0.717) is 10.0 Å². The Morgan fingerprint density at radius 2 is 1.00 bits per heavy atom. The molecular formula is C20H22Cl2N2. The summed E-state index contributed by atoms with van der Waals surface area (Å²) in [5.41, 5.74) is 7.58. The average Bonchev–Trinajstić information content (AvgIpc) is 2.46. The molecular weight excluding hydrogens is 339 g/mol. The van der Waals surface area contributed by atoms with Crippen LogP contribution in [0, 0.1) is 27.7 Å². The standard InChI is InChI=1S/C20H22Cl2N2/c1-11-7-13(3)19(17(21)9-11)23-15(5)16(6)24-20-14(4)8-12(2)10-18(20)22/h7-10H,1-6H3. The Balaban J connectivity index is 2.45. The summed E-state index contributed by atoms with van der Waals surface area (Å²) in [4.78, 5) is 9.37. The van der Waals surface area contributed by atoms with Gasteiger partial charge in [-0.15, -0.1) is 0 Å². The van der Waals surface area contributed by atoms with E-state index in [1.54, 1.807) is 0 Å². The zero-order valence-corrected chi connectivity index (χ0v) is 16.5. The van der Waals surface area contributed by atoms with Crippen molar-refractivity contribution in [2.75, 3.05) is 0 Å². The van der Waals surface area contributed by atoms with Gasteiger partial charge in [0.1, 0.15) is 0 Å². The van der Waals surface area contributed by atoms with E-state index in [4.69, 9.17) is 23.2 Å². The Bertz CT molecular complexity index is 731. The van der Waals surface area contributed by atoms with Gasteiger partial charge in [0, 0.05) is 0 Å². The van der Waals surface area contributed by atoms with Gasteiger partial charge in [0.25, 0.3) is 0 Å². The smallest absolute Gasteiger partial charge is 0.0849 e. The van der Waals surface area contributed by atoms with Crippen LogP contribution in [0.3, 0.4) is 0 Å². The molecule has 0 N–H and O–H groups in total. The van der Waals surface area contributed by atoms with Crippen molar-refractivity contribution >= 4 is 46.0 Å². The number of hydrogen-bond acceptors (Lipinski definition) is 2. The van der Waals surface area contributed by atoms with Gasteiger partial charge >= 0.3 is 0 Å². The summed E-state index contributed by atoms with van der Waals surface area (Å²) in [5, 5.41) is 1.31. The molecule has 126 valence electrons. The number of halogens is 2. The van der Waals surface area contributed by atoms with E-state index in [0.717, 1.165) is 45.1 Å². The molecule has 24 heavy (non-hydrogen) atoms. The van der Waals surface area contributed by atoms with Crippen LogP contribution in [-0.4, -0.2) is 11.4 Å². The summed E-state index contributed by atoms with van der Waals surface area (Å²) >= 11 is 12.7. The molecule has 0 aromatic heterocycles. The lowest BCUT2D eigenvalue weighted by Gasteiger charge is -2.09. The predicted molar refractivity (Wildman–Crippen MR) is 107 cm³/mol. The van der Waals surface area contributed by atoms with E-state index in [1.165, 1.54) is 0 Å². The quantitative estimate of drug-likeness (QED) is 0.520. The van der Waals surface area contributed by atoms with Crippen LogP contribution in [0.4, 0.5) is 11.4 Å². The van der Waals surface area contributed by atoms with Gasteiger partial charge in [0.15, 0.2) is 0 Å². The fraction of sp³-hybridized carbons (Fsp3) is 0.300. The summed E-state index contributed by atoms with van der Waals surface area (Å²) in [7, 11) is 0. The minimum absolute atomic E-state index is 0.657. The highest BCUT2D eigenvalue weighted by molar-refractivity contribution is 6.42. The molecule has 2 nitrogen and oxygen atoms in total. The van der Waals surface area contributed by atoms with E-state index in [1.807, 2.05) is 53.7 Å². The second kappa shape index (κ2) is 7.50. The fourth-order valence-corrected chi connectivity index (χ4v) is 3.32. The van der Waals surface area contributed by atoms with Gasteiger partial charge in [-0.2, -0.15) is 0 Å². The Kier molecular flexibility index (Phi) is 5.84. The third-order valence-corrected chi connectivity index (χ3v) is 4.46. The highest BCUT2D eigenvalue weighted by Crippen LogP contribution is 2.32. The maximum Gasteiger partial charge on any atom is 0.0849 e. The van der Waals surface area contributed by atoms with Crippen LogP contribution in [0.15, 0.2) is 34.3 Å². The van der Waals surface area contributed by atoms with E-state index in [9.17, 15) is 0 Å². The number of aryl methyl sites for hydroxylation is 4. The Morgan fingerprint density at radius 1 is 0.667 bits per heavy atom. The SMILES string of the molecule is CC(=Nc1c(C)cc(C)cc1Cl)C(C)=Nc1c(C)cc(C)cc1Cl. The molecule has 0 unspecified atom stereocenters. The molecule has 0 saturated heterocycles. The van der Waals surface area contributed by atoms with Crippen molar-refractivity contribution in [2.45, 2.75) is 41.5 Å². The van der Waals surface area contributed by atoms with Crippen LogP contribution in [-0.2, 0) is 0 Å². The number of aliphatic imine (C=N–C) groups is 2.